The summed E-state index contributed by atoms with van der Waals surface area (Å²) < 4.78 is 14.3. The number of hydrogen-bond acceptors (Lipinski definition) is 3. The Morgan fingerprint density at radius 1 is 0.794 bits per heavy atom. The summed E-state index contributed by atoms with van der Waals surface area (Å²) in [6, 6.07) is 22.2. The molecule has 0 saturated carbocycles. The van der Waals surface area contributed by atoms with Gasteiger partial charge >= 0.3 is 0 Å². The van der Waals surface area contributed by atoms with Crippen molar-refractivity contribution in [2.45, 2.75) is 18.4 Å². The van der Waals surface area contributed by atoms with Gasteiger partial charge in [-0.2, -0.15) is 0 Å². The molecule has 0 N–H and O–H groups in total. The van der Waals surface area contributed by atoms with E-state index in [0.29, 0.717) is 44.0 Å². The van der Waals surface area contributed by atoms with Crippen molar-refractivity contribution in [2.24, 2.45) is 0 Å². The Hall–Kier alpha value is -3.67. The summed E-state index contributed by atoms with van der Waals surface area (Å²) in [6.07, 6.45) is 0.794. The molecule has 6 rings (SSSR count). The lowest BCUT2D eigenvalue weighted by molar-refractivity contribution is -0.135. The highest BCUT2D eigenvalue weighted by atomic mass is 19.1. The number of anilines is 1. The lowest BCUT2D eigenvalue weighted by Gasteiger charge is -2.47. The fraction of sp³-hybridized carbons (Fsp3) is 0.286. The second-order valence-electron chi connectivity index (χ2n) is 9.22. The van der Waals surface area contributed by atoms with Crippen LogP contribution in [0.4, 0.5) is 10.1 Å². The first-order valence-electron chi connectivity index (χ1n) is 11.9. The zero-order valence-electron chi connectivity index (χ0n) is 18.9. The minimum Gasteiger partial charge on any atom is -0.366 e. The molecule has 6 heteroatoms. The van der Waals surface area contributed by atoms with Crippen LogP contribution >= 0.6 is 0 Å². The van der Waals surface area contributed by atoms with Crippen LogP contribution in [0.25, 0.3) is 0 Å². The van der Waals surface area contributed by atoms with E-state index in [0.717, 1.165) is 17.5 Å². The number of fused-ring (bicyclic) bond motifs is 4. The van der Waals surface area contributed by atoms with Crippen LogP contribution in [0.5, 0.6) is 0 Å². The molecule has 0 spiro atoms. The Kier molecular flexibility index (Phi) is 5.09. The van der Waals surface area contributed by atoms with Gasteiger partial charge in [0.05, 0.1) is 17.6 Å². The van der Waals surface area contributed by atoms with Crippen LogP contribution in [-0.2, 0) is 11.2 Å². The van der Waals surface area contributed by atoms with E-state index in [1.54, 1.807) is 12.1 Å². The number of benzene rings is 3. The van der Waals surface area contributed by atoms with Gasteiger partial charge in [0, 0.05) is 38.3 Å². The molecular formula is C28H26FN3O2. The van der Waals surface area contributed by atoms with Crippen LogP contribution in [0.2, 0.25) is 0 Å². The zero-order valence-corrected chi connectivity index (χ0v) is 18.9. The van der Waals surface area contributed by atoms with Crippen LogP contribution in [0.15, 0.2) is 72.8 Å². The average molecular weight is 456 g/mol. The molecule has 172 valence electrons. The van der Waals surface area contributed by atoms with Crippen LogP contribution in [-0.4, -0.2) is 54.3 Å². The molecule has 5 nitrogen and oxygen atoms in total. The predicted molar refractivity (Wildman–Crippen MR) is 128 cm³/mol. The van der Waals surface area contributed by atoms with Gasteiger partial charge in [0.1, 0.15) is 5.82 Å². The Morgan fingerprint density at radius 3 is 2.26 bits per heavy atom. The fourth-order valence-corrected chi connectivity index (χ4v) is 5.81. The Morgan fingerprint density at radius 2 is 1.47 bits per heavy atom. The summed E-state index contributed by atoms with van der Waals surface area (Å²) >= 11 is 0. The molecule has 0 aromatic heterocycles. The normalized spacial score (nSPS) is 21.6. The van der Waals surface area contributed by atoms with E-state index in [1.807, 2.05) is 57.2 Å². The van der Waals surface area contributed by atoms with E-state index in [4.69, 9.17) is 0 Å². The number of hydrogen-bond donors (Lipinski definition) is 0. The lowest BCUT2D eigenvalue weighted by Crippen LogP contribution is -2.54. The highest BCUT2D eigenvalue weighted by Crippen LogP contribution is 2.46. The lowest BCUT2D eigenvalue weighted by atomic mass is 9.75. The van der Waals surface area contributed by atoms with Gasteiger partial charge in [-0.1, -0.05) is 54.6 Å². The zero-order chi connectivity index (χ0) is 23.2. The second kappa shape index (κ2) is 8.28. The van der Waals surface area contributed by atoms with Crippen molar-refractivity contribution < 1.29 is 14.0 Å². The minimum atomic E-state index is -0.449. The fourth-order valence-electron chi connectivity index (χ4n) is 5.81. The van der Waals surface area contributed by atoms with Gasteiger partial charge in [-0.3, -0.25) is 9.59 Å². The molecule has 0 radical (unpaired) electrons. The topological polar surface area (TPSA) is 43.9 Å². The van der Waals surface area contributed by atoms with Gasteiger partial charge < -0.3 is 14.7 Å². The van der Waals surface area contributed by atoms with Crippen molar-refractivity contribution in [3.05, 3.63) is 101 Å². The molecule has 3 heterocycles. The molecule has 2 amide bonds. The third-order valence-corrected chi connectivity index (χ3v) is 7.48. The van der Waals surface area contributed by atoms with Gasteiger partial charge in [-0.15, -0.1) is 0 Å². The SMILES string of the molecule is O=C([C@H]1c2ccccc2C(=O)N2CCc3ccccc3[C@@H]12)N1CCN(c2ccccc2F)CC1. The third kappa shape index (κ3) is 3.28. The summed E-state index contributed by atoms with van der Waals surface area (Å²) in [4.78, 5) is 33.3. The number of para-hydroxylation sites is 1. The van der Waals surface area contributed by atoms with Gasteiger partial charge in [0.15, 0.2) is 0 Å². The maximum absolute atomic E-state index is 14.3. The first-order chi connectivity index (χ1) is 16.6. The van der Waals surface area contributed by atoms with Crippen molar-refractivity contribution in [1.82, 2.24) is 9.80 Å². The maximum Gasteiger partial charge on any atom is 0.254 e. The van der Waals surface area contributed by atoms with E-state index >= 15 is 0 Å². The van der Waals surface area contributed by atoms with E-state index in [9.17, 15) is 14.0 Å². The number of nitrogens with zero attached hydrogens (tertiary/aromatic N) is 3. The predicted octanol–water partition coefficient (Wildman–Crippen LogP) is 4.01. The van der Waals surface area contributed by atoms with Gasteiger partial charge in [0.25, 0.3) is 5.91 Å². The molecule has 3 aromatic rings. The first kappa shape index (κ1) is 20.9. The average Bonchev–Trinajstić information content (AvgIpc) is 2.89. The Labute approximate surface area is 198 Å². The van der Waals surface area contributed by atoms with Crippen molar-refractivity contribution >= 4 is 17.5 Å². The van der Waals surface area contributed by atoms with Crippen molar-refractivity contribution in [3.63, 3.8) is 0 Å². The smallest absolute Gasteiger partial charge is 0.254 e. The first-order valence-corrected chi connectivity index (χ1v) is 11.9. The number of piperazine rings is 1. The third-order valence-electron chi connectivity index (χ3n) is 7.48. The molecule has 3 aromatic carbocycles. The number of amides is 2. The van der Waals surface area contributed by atoms with Crippen LogP contribution in [0.1, 0.15) is 39.0 Å². The van der Waals surface area contributed by atoms with E-state index < -0.39 is 5.92 Å². The summed E-state index contributed by atoms with van der Waals surface area (Å²) in [5.41, 5.74) is 4.29. The molecule has 1 fully saturated rings. The summed E-state index contributed by atoms with van der Waals surface area (Å²) in [5, 5.41) is 0. The van der Waals surface area contributed by atoms with Crippen molar-refractivity contribution in [2.75, 3.05) is 37.6 Å². The van der Waals surface area contributed by atoms with Gasteiger partial charge in [0.2, 0.25) is 5.91 Å². The minimum absolute atomic E-state index is 0.00326. The van der Waals surface area contributed by atoms with Crippen LogP contribution in [0.3, 0.4) is 0 Å². The highest BCUT2D eigenvalue weighted by molar-refractivity contribution is 6.01. The summed E-state index contributed by atoms with van der Waals surface area (Å²) in [6.45, 7) is 2.80. The standard InChI is InChI=1S/C28H26FN3O2/c29-23-11-5-6-12-24(23)30-15-17-31(18-16-30)28(34)25-21-9-3-4-10-22(21)27(33)32-14-13-19-7-1-2-8-20(19)26(25)32/h1-12,25-26H,13-18H2/t25-,26-/m0/s1. The highest BCUT2D eigenvalue weighted by Gasteiger charge is 2.47. The Bertz CT molecular complexity index is 1270. The van der Waals surface area contributed by atoms with E-state index in [1.165, 1.54) is 11.6 Å². The Balaban J connectivity index is 1.34. The molecule has 34 heavy (non-hydrogen) atoms. The van der Waals surface area contributed by atoms with Crippen molar-refractivity contribution in [3.8, 4) is 0 Å². The number of halogens is 1. The molecule has 3 aliphatic rings. The van der Waals surface area contributed by atoms with Gasteiger partial charge in [-0.25, -0.2) is 4.39 Å². The molecule has 1 saturated heterocycles. The van der Waals surface area contributed by atoms with E-state index in [2.05, 4.69) is 12.1 Å². The molecule has 3 aliphatic heterocycles. The number of carbonyl (C=O) groups is 2. The number of rotatable bonds is 2. The second-order valence-corrected chi connectivity index (χ2v) is 9.22. The van der Waals surface area contributed by atoms with Crippen molar-refractivity contribution in [1.29, 1.82) is 0 Å². The van der Waals surface area contributed by atoms with E-state index in [-0.39, 0.29) is 23.7 Å². The molecular weight excluding hydrogens is 429 g/mol. The summed E-state index contributed by atoms with van der Waals surface area (Å²) in [7, 11) is 0. The monoisotopic (exact) mass is 455 g/mol. The quantitative estimate of drug-likeness (QED) is 0.587. The van der Waals surface area contributed by atoms with Gasteiger partial charge in [-0.05, 0) is 41.3 Å². The molecule has 0 aliphatic carbocycles. The molecule has 2 atom stereocenters. The molecule has 0 bridgehead atoms. The van der Waals surface area contributed by atoms with Crippen LogP contribution in [0, 0.1) is 5.82 Å². The maximum atomic E-state index is 14.3. The number of carbonyl (C=O) groups excluding carboxylic acids is 2. The molecule has 0 unspecified atom stereocenters. The largest absolute Gasteiger partial charge is 0.366 e. The van der Waals surface area contributed by atoms with Crippen LogP contribution < -0.4 is 4.90 Å². The summed E-state index contributed by atoms with van der Waals surface area (Å²) in [5.74, 6) is -0.643.